The van der Waals surface area contributed by atoms with Gasteiger partial charge in [-0.05, 0) is 37.0 Å². The van der Waals surface area contributed by atoms with Gasteiger partial charge in [-0.1, -0.05) is 6.07 Å². The molecule has 0 atom stereocenters. The van der Waals surface area contributed by atoms with E-state index in [1.807, 2.05) is 4.57 Å². The molecule has 0 unspecified atom stereocenters. The number of alkyl halides is 3. The maximum atomic E-state index is 12.9. The number of hydrogen-bond acceptors (Lipinski definition) is 3. The largest absolute Gasteiger partial charge is 0.416 e. The number of benzene rings is 1. The molecule has 0 bridgehead atoms. The molecule has 2 heterocycles. The van der Waals surface area contributed by atoms with Crippen molar-refractivity contribution in [2.45, 2.75) is 38.7 Å². The fourth-order valence-electron chi connectivity index (χ4n) is 3.22. The quantitative estimate of drug-likeness (QED) is 0.799. The zero-order valence-corrected chi connectivity index (χ0v) is 14.7. The first-order valence-corrected chi connectivity index (χ1v) is 8.99. The Morgan fingerprint density at radius 1 is 1.26 bits per heavy atom. The maximum Gasteiger partial charge on any atom is 0.416 e. The second kappa shape index (κ2) is 6.99. The third-order valence-electron chi connectivity index (χ3n) is 5.00. The van der Waals surface area contributed by atoms with Gasteiger partial charge in [-0.15, -0.1) is 0 Å². The van der Waals surface area contributed by atoms with Crippen molar-refractivity contribution in [3.8, 4) is 0 Å². The van der Waals surface area contributed by atoms with Crippen molar-refractivity contribution in [3.05, 3.63) is 53.1 Å². The Labute approximate surface area is 154 Å². The summed E-state index contributed by atoms with van der Waals surface area (Å²) in [6, 6.07) is 4.57. The van der Waals surface area contributed by atoms with Crippen LogP contribution in [0.4, 0.5) is 13.2 Å². The number of carbonyl (C=O) groups is 1. The van der Waals surface area contributed by atoms with Crippen molar-refractivity contribution >= 4 is 5.91 Å². The minimum Gasteiger partial charge on any atom is -0.375 e. The molecule has 1 aliphatic carbocycles. The Kier molecular flexibility index (Phi) is 4.67. The van der Waals surface area contributed by atoms with Crippen LogP contribution in [0.1, 0.15) is 40.2 Å². The van der Waals surface area contributed by atoms with Gasteiger partial charge in [0.2, 0.25) is 0 Å². The number of hydrogen-bond donors (Lipinski definition) is 0. The number of fused-ring (bicyclic) bond motifs is 1. The van der Waals surface area contributed by atoms with Crippen LogP contribution in [0.25, 0.3) is 0 Å². The molecule has 1 amide bonds. The van der Waals surface area contributed by atoms with Crippen molar-refractivity contribution in [2.75, 3.05) is 13.2 Å². The average Bonchev–Trinajstić information content (AvgIpc) is 3.39. The highest BCUT2D eigenvalue weighted by Gasteiger charge is 2.32. The van der Waals surface area contributed by atoms with Gasteiger partial charge in [0.25, 0.3) is 5.91 Å². The van der Waals surface area contributed by atoms with Gasteiger partial charge in [-0.2, -0.15) is 13.2 Å². The monoisotopic (exact) mass is 379 g/mol. The second-order valence-electron chi connectivity index (χ2n) is 7.10. The Balaban J connectivity index is 1.47. The highest BCUT2D eigenvalue weighted by Crippen LogP contribution is 2.31. The molecule has 2 aliphatic rings. The van der Waals surface area contributed by atoms with E-state index in [0.717, 1.165) is 30.1 Å². The van der Waals surface area contributed by atoms with E-state index in [1.165, 1.54) is 25.0 Å². The lowest BCUT2D eigenvalue weighted by molar-refractivity contribution is -0.137. The molecule has 5 nitrogen and oxygen atoms in total. The summed E-state index contributed by atoms with van der Waals surface area (Å²) in [5, 5.41) is 0. The molecule has 27 heavy (non-hydrogen) atoms. The molecule has 0 saturated heterocycles. The molecule has 144 valence electrons. The predicted molar refractivity (Wildman–Crippen MR) is 90.8 cm³/mol. The van der Waals surface area contributed by atoms with Crippen LogP contribution >= 0.6 is 0 Å². The highest BCUT2D eigenvalue weighted by atomic mass is 19.4. The van der Waals surface area contributed by atoms with Gasteiger partial charge in [0.1, 0.15) is 0 Å². The summed E-state index contributed by atoms with van der Waals surface area (Å²) in [6.07, 6.45) is -0.318. The Hall–Kier alpha value is -2.35. The van der Waals surface area contributed by atoms with E-state index in [2.05, 4.69) is 4.98 Å². The lowest BCUT2D eigenvalue weighted by Gasteiger charge is -2.29. The van der Waals surface area contributed by atoms with E-state index in [4.69, 9.17) is 4.74 Å². The van der Waals surface area contributed by atoms with Crippen LogP contribution in [-0.4, -0.2) is 33.5 Å². The zero-order valence-electron chi connectivity index (χ0n) is 14.7. The fraction of sp³-hybridized carbons (Fsp3) is 0.474. The third-order valence-corrected chi connectivity index (χ3v) is 5.00. The highest BCUT2D eigenvalue weighted by molar-refractivity contribution is 5.94. The van der Waals surface area contributed by atoms with E-state index in [0.29, 0.717) is 32.2 Å². The van der Waals surface area contributed by atoms with Gasteiger partial charge >= 0.3 is 6.18 Å². The maximum absolute atomic E-state index is 12.9. The number of aromatic nitrogens is 2. The molecule has 1 saturated carbocycles. The predicted octanol–water partition coefficient (Wildman–Crippen LogP) is 3.48. The summed E-state index contributed by atoms with van der Waals surface area (Å²) in [6.45, 7) is 2.43. The van der Waals surface area contributed by atoms with Crippen molar-refractivity contribution in [1.82, 2.24) is 14.5 Å². The number of ether oxygens (including phenoxy) is 1. The van der Waals surface area contributed by atoms with Crippen molar-refractivity contribution < 1.29 is 22.7 Å². The second-order valence-corrected chi connectivity index (χ2v) is 7.10. The molecule has 0 radical (unpaired) electrons. The Morgan fingerprint density at radius 3 is 2.81 bits per heavy atom. The molecule has 0 N–H and O–H groups in total. The lowest BCUT2D eigenvalue weighted by Crippen LogP contribution is -2.38. The first-order valence-electron chi connectivity index (χ1n) is 8.99. The first kappa shape index (κ1) is 18.0. The van der Waals surface area contributed by atoms with Crippen LogP contribution in [0, 0.1) is 5.92 Å². The van der Waals surface area contributed by atoms with Crippen molar-refractivity contribution in [3.63, 3.8) is 0 Å². The van der Waals surface area contributed by atoms with E-state index in [9.17, 15) is 18.0 Å². The molecule has 1 fully saturated rings. The molecule has 0 spiro atoms. The minimum atomic E-state index is -4.47. The number of amides is 1. The van der Waals surface area contributed by atoms with Gasteiger partial charge in [0.15, 0.2) is 0 Å². The molecule has 1 aromatic carbocycles. The van der Waals surface area contributed by atoms with Crippen LogP contribution in [0.2, 0.25) is 0 Å². The number of halogens is 3. The molecule has 4 rings (SSSR count). The topological polar surface area (TPSA) is 47.4 Å². The SMILES string of the molecule is O=C(c1cccc(C(F)(F)F)c1)N1CCn2cnc(COCC3CC3)c2C1. The van der Waals surface area contributed by atoms with E-state index < -0.39 is 17.6 Å². The lowest BCUT2D eigenvalue weighted by atomic mass is 10.1. The normalized spacial score (nSPS) is 17.1. The number of rotatable bonds is 5. The minimum absolute atomic E-state index is 0.0457. The van der Waals surface area contributed by atoms with Crippen molar-refractivity contribution in [1.29, 1.82) is 0 Å². The van der Waals surface area contributed by atoms with Gasteiger partial charge in [-0.3, -0.25) is 4.79 Å². The van der Waals surface area contributed by atoms with Crippen LogP contribution in [-0.2, 0) is 30.6 Å². The first-order chi connectivity index (χ1) is 12.9. The third kappa shape index (κ3) is 4.00. The summed E-state index contributed by atoms with van der Waals surface area (Å²) in [5.41, 5.74) is 0.906. The van der Waals surface area contributed by atoms with Crippen LogP contribution in [0.3, 0.4) is 0 Å². The van der Waals surface area contributed by atoms with E-state index in [-0.39, 0.29) is 5.56 Å². The van der Waals surface area contributed by atoms with Crippen LogP contribution < -0.4 is 0 Å². The van der Waals surface area contributed by atoms with Gasteiger partial charge < -0.3 is 14.2 Å². The average molecular weight is 379 g/mol. The molecular weight excluding hydrogens is 359 g/mol. The van der Waals surface area contributed by atoms with Crippen molar-refractivity contribution in [2.24, 2.45) is 5.92 Å². The van der Waals surface area contributed by atoms with Crippen LogP contribution in [0.15, 0.2) is 30.6 Å². The summed E-state index contributed by atoms with van der Waals surface area (Å²) < 4.78 is 46.4. The summed E-state index contributed by atoms with van der Waals surface area (Å²) in [7, 11) is 0. The summed E-state index contributed by atoms with van der Waals surface area (Å²) in [5.74, 6) is 0.251. The zero-order chi connectivity index (χ0) is 19.0. The number of imidazole rings is 1. The summed E-state index contributed by atoms with van der Waals surface area (Å²) in [4.78, 5) is 18.7. The molecule has 8 heteroatoms. The smallest absolute Gasteiger partial charge is 0.375 e. The summed E-state index contributed by atoms with van der Waals surface area (Å²) >= 11 is 0. The van der Waals surface area contributed by atoms with E-state index >= 15 is 0 Å². The van der Waals surface area contributed by atoms with Crippen LogP contribution in [0.5, 0.6) is 0 Å². The number of nitrogens with zero attached hydrogens (tertiary/aromatic N) is 3. The molecule has 2 aromatic rings. The molecule has 1 aromatic heterocycles. The molecule has 1 aliphatic heterocycles. The standard InChI is InChI=1S/C19H20F3N3O2/c20-19(21,22)15-3-1-2-14(8-15)18(26)24-6-7-25-12-23-16(17(25)9-24)11-27-10-13-4-5-13/h1-3,8,12-13H,4-7,9-11H2. The van der Waals surface area contributed by atoms with E-state index in [1.54, 1.807) is 11.2 Å². The molecular formula is C19H20F3N3O2. The van der Waals surface area contributed by atoms with Gasteiger partial charge in [-0.25, -0.2) is 4.98 Å². The van der Waals surface area contributed by atoms with Gasteiger partial charge in [0.05, 0.1) is 36.4 Å². The Bertz CT molecular complexity index is 843. The fourth-order valence-corrected chi connectivity index (χ4v) is 3.22. The number of carbonyl (C=O) groups excluding carboxylic acids is 1. The van der Waals surface area contributed by atoms with Gasteiger partial charge in [0, 0.05) is 25.3 Å². The Morgan fingerprint density at radius 2 is 2.07 bits per heavy atom.